The summed E-state index contributed by atoms with van der Waals surface area (Å²) in [7, 11) is 0. The molecule has 1 aliphatic rings. The number of halogens is 2. The normalized spacial score (nSPS) is 15.1. The molecule has 8 heteroatoms. The van der Waals surface area contributed by atoms with E-state index in [0.29, 0.717) is 0 Å². The van der Waals surface area contributed by atoms with Crippen molar-refractivity contribution in [1.29, 1.82) is 0 Å². The molecular formula is C20H18Cl2N4S2. The van der Waals surface area contributed by atoms with Crippen LogP contribution in [0.2, 0.25) is 10.0 Å². The number of rotatable bonds is 2. The number of thiazole rings is 2. The first-order chi connectivity index (χ1) is 13.5. The Morgan fingerprint density at radius 1 is 0.786 bits per heavy atom. The third-order valence-electron chi connectivity index (χ3n) is 5.24. The van der Waals surface area contributed by atoms with Crippen molar-refractivity contribution < 1.29 is 0 Å². The molecule has 3 heterocycles. The summed E-state index contributed by atoms with van der Waals surface area (Å²) in [5, 5.41) is 3.69. The number of anilines is 2. The van der Waals surface area contributed by atoms with Gasteiger partial charge in [-0.15, -0.1) is 0 Å². The topological polar surface area (TPSA) is 32.3 Å². The van der Waals surface area contributed by atoms with Crippen molar-refractivity contribution in [2.45, 2.75) is 13.8 Å². The second kappa shape index (κ2) is 7.02. The zero-order valence-electron chi connectivity index (χ0n) is 15.5. The number of hydrogen-bond acceptors (Lipinski definition) is 6. The molecule has 0 spiro atoms. The largest absolute Gasteiger partial charge is 0.345 e. The lowest BCUT2D eigenvalue weighted by molar-refractivity contribution is 0.651. The molecule has 0 N–H and O–H groups in total. The van der Waals surface area contributed by atoms with Gasteiger partial charge in [-0.25, -0.2) is 9.97 Å². The molecule has 0 atom stereocenters. The molecule has 1 aliphatic heterocycles. The molecule has 1 saturated heterocycles. The lowest BCUT2D eigenvalue weighted by Gasteiger charge is -2.34. The zero-order chi connectivity index (χ0) is 19.4. The van der Waals surface area contributed by atoms with E-state index in [9.17, 15) is 0 Å². The van der Waals surface area contributed by atoms with Crippen molar-refractivity contribution in [2.24, 2.45) is 0 Å². The summed E-state index contributed by atoms with van der Waals surface area (Å²) in [6, 6.07) is 8.02. The molecule has 0 bridgehead atoms. The van der Waals surface area contributed by atoms with Gasteiger partial charge in [-0.05, 0) is 43.2 Å². The van der Waals surface area contributed by atoms with E-state index in [-0.39, 0.29) is 0 Å². The van der Waals surface area contributed by atoms with Crippen LogP contribution in [0.25, 0.3) is 20.4 Å². The van der Waals surface area contributed by atoms with Gasteiger partial charge in [0.2, 0.25) is 0 Å². The Labute approximate surface area is 181 Å². The molecule has 0 saturated carbocycles. The predicted octanol–water partition coefficient (Wildman–Crippen LogP) is 6.16. The number of piperazine rings is 1. The first-order valence-corrected chi connectivity index (χ1v) is 11.5. The molecule has 4 aromatic rings. The minimum atomic E-state index is 0.777. The number of hydrogen-bond donors (Lipinski definition) is 0. The molecular weight excluding hydrogens is 431 g/mol. The molecule has 0 amide bonds. The van der Waals surface area contributed by atoms with E-state index in [2.05, 4.69) is 22.8 Å². The molecule has 2 aromatic heterocycles. The molecule has 1 fully saturated rings. The Hall–Kier alpha value is -1.60. The fourth-order valence-corrected chi connectivity index (χ4v) is 6.14. The predicted molar refractivity (Wildman–Crippen MR) is 123 cm³/mol. The summed E-state index contributed by atoms with van der Waals surface area (Å²) in [5.74, 6) is 0. The van der Waals surface area contributed by atoms with Crippen molar-refractivity contribution in [2.75, 3.05) is 36.0 Å². The Morgan fingerprint density at radius 3 is 2.07 bits per heavy atom. The molecule has 4 nitrogen and oxygen atoms in total. The van der Waals surface area contributed by atoms with E-state index in [1.54, 1.807) is 22.7 Å². The minimum absolute atomic E-state index is 0.777. The Morgan fingerprint density at radius 2 is 1.39 bits per heavy atom. The van der Waals surface area contributed by atoms with Crippen molar-refractivity contribution >= 4 is 76.6 Å². The molecule has 5 rings (SSSR count). The van der Waals surface area contributed by atoms with Gasteiger partial charge in [0, 0.05) is 31.2 Å². The number of aryl methyl sites for hydroxylation is 2. The lowest BCUT2D eigenvalue weighted by Crippen LogP contribution is -2.46. The highest BCUT2D eigenvalue weighted by Gasteiger charge is 2.23. The lowest BCUT2D eigenvalue weighted by atomic mass is 10.2. The smallest absolute Gasteiger partial charge is 0.186 e. The van der Waals surface area contributed by atoms with E-state index in [4.69, 9.17) is 33.2 Å². The van der Waals surface area contributed by atoms with E-state index in [1.807, 2.05) is 25.1 Å². The van der Waals surface area contributed by atoms with Crippen LogP contribution in [0.1, 0.15) is 11.1 Å². The van der Waals surface area contributed by atoms with Crippen LogP contribution < -0.4 is 9.80 Å². The third-order valence-corrected chi connectivity index (χ3v) is 8.31. The average Bonchev–Trinajstić information content (AvgIpc) is 3.34. The Bertz CT molecular complexity index is 1150. The van der Waals surface area contributed by atoms with Gasteiger partial charge in [0.05, 0.1) is 25.5 Å². The van der Waals surface area contributed by atoms with Crippen molar-refractivity contribution in [3.8, 4) is 0 Å². The second-order valence-electron chi connectivity index (χ2n) is 7.03. The van der Waals surface area contributed by atoms with Gasteiger partial charge in [0.25, 0.3) is 0 Å². The standard InChI is InChI=1S/C20H18Cl2N4S2/c1-11-3-4-14(22)18-16(11)23-20(28-18)26-9-7-25(8-10-26)19-24-17-12(2)13(21)5-6-15(17)27-19/h3-6H,7-10H2,1-2H3. The molecule has 0 unspecified atom stereocenters. The van der Waals surface area contributed by atoms with E-state index < -0.39 is 0 Å². The number of fused-ring (bicyclic) bond motifs is 2. The van der Waals surface area contributed by atoms with Crippen molar-refractivity contribution in [3.05, 3.63) is 45.4 Å². The van der Waals surface area contributed by atoms with E-state index >= 15 is 0 Å². The first kappa shape index (κ1) is 18.4. The maximum Gasteiger partial charge on any atom is 0.186 e. The highest BCUT2D eigenvalue weighted by atomic mass is 35.5. The van der Waals surface area contributed by atoms with Crippen molar-refractivity contribution in [1.82, 2.24) is 9.97 Å². The SMILES string of the molecule is Cc1c(Cl)ccc2sc(N3CCN(c4nc5c(C)ccc(Cl)c5s4)CC3)nc12. The summed E-state index contributed by atoms with van der Waals surface area (Å²) in [6.45, 7) is 7.82. The number of nitrogens with zero attached hydrogens (tertiary/aromatic N) is 4. The van der Waals surface area contributed by atoms with Crippen LogP contribution >= 0.6 is 45.9 Å². The number of aromatic nitrogens is 2. The Kier molecular flexibility index (Phi) is 4.62. The maximum atomic E-state index is 6.37. The molecule has 28 heavy (non-hydrogen) atoms. The van der Waals surface area contributed by atoms with Gasteiger partial charge in [-0.2, -0.15) is 0 Å². The van der Waals surface area contributed by atoms with E-state index in [1.165, 1.54) is 10.3 Å². The quantitative estimate of drug-likeness (QED) is 0.367. The van der Waals surface area contributed by atoms with Gasteiger partial charge < -0.3 is 9.80 Å². The highest BCUT2D eigenvalue weighted by molar-refractivity contribution is 7.23. The van der Waals surface area contributed by atoms with Gasteiger partial charge in [-0.1, -0.05) is 51.9 Å². The third kappa shape index (κ3) is 3.03. The van der Waals surface area contributed by atoms with Gasteiger partial charge >= 0.3 is 0 Å². The second-order valence-corrected chi connectivity index (χ2v) is 9.83. The summed E-state index contributed by atoms with van der Waals surface area (Å²) in [4.78, 5) is 14.4. The van der Waals surface area contributed by atoms with Crippen LogP contribution in [0, 0.1) is 13.8 Å². The van der Waals surface area contributed by atoms with Crippen LogP contribution in [-0.4, -0.2) is 36.1 Å². The summed E-state index contributed by atoms with van der Waals surface area (Å²) in [6.07, 6.45) is 0. The average molecular weight is 449 g/mol. The molecule has 0 radical (unpaired) electrons. The van der Waals surface area contributed by atoms with Crippen LogP contribution in [0.15, 0.2) is 24.3 Å². The molecule has 144 valence electrons. The van der Waals surface area contributed by atoms with Gasteiger partial charge in [-0.3, -0.25) is 0 Å². The Balaban J connectivity index is 1.37. The fraction of sp³-hybridized carbons (Fsp3) is 0.300. The van der Waals surface area contributed by atoms with Gasteiger partial charge in [0.15, 0.2) is 10.3 Å². The zero-order valence-corrected chi connectivity index (χ0v) is 18.6. The molecule has 2 aromatic carbocycles. The first-order valence-electron chi connectivity index (χ1n) is 9.12. The minimum Gasteiger partial charge on any atom is -0.345 e. The van der Waals surface area contributed by atoms with Gasteiger partial charge in [0.1, 0.15) is 0 Å². The monoisotopic (exact) mass is 448 g/mol. The van der Waals surface area contributed by atoms with Crippen LogP contribution in [-0.2, 0) is 0 Å². The summed E-state index contributed by atoms with van der Waals surface area (Å²) >= 11 is 16.1. The summed E-state index contributed by atoms with van der Waals surface area (Å²) < 4.78 is 2.27. The number of benzene rings is 2. The maximum absolute atomic E-state index is 6.37. The van der Waals surface area contributed by atoms with Crippen molar-refractivity contribution in [3.63, 3.8) is 0 Å². The van der Waals surface area contributed by atoms with E-state index in [0.717, 1.165) is 67.8 Å². The van der Waals surface area contributed by atoms with Crippen LogP contribution in [0.4, 0.5) is 10.3 Å². The van der Waals surface area contributed by atoms with Crippen LogP contribution in [0.3, 0.4) is 0 Å². The molecule has 0 aliphatic carbocycles. The highest BCUT2D eigenvalue weighted by Crippen LogP contribution is 2.37. The summed E-state index contributed by atoms with van der Waals surface area (Å²) in [5.41, 5.74) is 4.27. The fourth-order valence-electron chi connectivity index (χ4n) is 3.54. The van der Waals surface area contributed by atoms with Crippen LogP contribution in [0.5, 0.6) is 0 Å².